The Morgan fingerprint density at radius 1 is 1.56 bits per heavy atom. The smallest absolute Gasteiger partial charge is 0.230 e. The first kappa shape index (κ1) is 11.1. The molecule has 1 unspecified atom stereocenters. The van der Waals surface area contributed by atoms with Crippen LogP contribution in [0, 0.1) is 0 Å². The van der Waals surface area contributed by atoms with E-state index in [0.717, 1.165) is 11.5 Å². The molecule has 5 heteroatoms. The van der Waals surface area contributed by atoms with E-state index in [1.807, 2.05) is 13.1 Å². The van der Waals surface area contributed by atoms with E-state index in [1.54, 1.807) is 9.58 Å². The van der Waals surface area contributed by atoms with E-state index >= 15 is 0 Å². The third kappa shape index (κ3) is 1.82. The molecule has 1 fully saturated rings. The van der Waals surface area contributed by atoms with Crippen molar-refractivity contribution in [2.75, 3.05) is 11.4 Å². The minimum absolute atomic E-state index is 0.0363. The van der Waals surface area contributed by atoms with Gasteiger partial charge in [0.1, 0.15) is 5.82 Å². The fourth-order valence-corrected chi connectivity index (χ4v) is 1.92. The SMILES string of the molecule is CC(C)c1cc(N2CC(O)CC2=O)n(C)n1. The number of amides is 1. The molecule has 1 aliphatic heterocycles. The first-order chi connectivity index (χ1) is 7.49. The van der Waals surface area contributed by atoms with Gasteiger partial charge in [0.2, 0.25) is 5.91 Å². The number of β-amino-alcohol motifs (C(OH)–C–C–N with tert-alkyl or cyclic N) is 1. The van der Waals surface area contributed by atoms with E-state index in [-0.39, 0.29) is 12.3 Å². The van der Waals surface area contributed by atoms with Crippen molar-refractivity contribution < 1.29 is 9.90 Å². The van der Waals surface area contributed by atoms with Crippen LogP contribution in [-0.2, 0) is 11.8 Å². The summed E-state index contributed by atoms with van der Waals surface area (Å²) in [7, 11) is 1.82. The van der Waals surface area contributed by atoms with Gasteiger partial charge < -0.3 is 5.11 Å². The molecule has 88 valence electrons. The van der Waals surface area contributed by atoms with Crippen molar-refractivity contribution in [1.82, 2.24) is 9.78 Å². The molecule has 1 atom stereocenters. The van der Waals surface area contributed by atoms with E-state index in [1.165, 1.54) is 0 Å². The van der Waals surface area contributed by atoms with Crippen LogP contribution in [0.15, 0.2) is 6.07 Å². The van der Waals surface area contributed by atoms with Gasteiger partial charge in [0, 0.05) is 13.1 Å². The Morgan fingerprint density at radius 2 is 2.25 bits per heavy atom. The Balaban J connectivity index is 2.30. The maximum atomic E-state index is 11.6. The zero-order valence-electron chi connectivity index (χ0n) is 9.84. The van der Waals surface area contributed by atoms with Crippen LogP contribution in [0.3, 0.4) is 0 Å². The van der Waals surface area contributed by atoms with E-state index in [0.29, 0.717) is 12.5 Å². The highest BCUT2D eigenvalue weighted by molar-refractivity contribution is 5.95. The van der Waals surface area contributed by atoms with Gasteiger partial charge in [0.15, 0.2) is 0 Å². The van der Waals surface area contributed by atoms with E-state index in [9.17, 15) is 9.90 Å². The van der Waals surface area contributed by atoms with Crippen LogP contribution in [0.4, 0.5) is 5.82 Å². The highest BCUT2D eigenvalue weighted by atomic mass is 16.3. The number of carbonyl (C=O) groups is 1. The predicted octanol–water partition coefficient (Wildman–Crippen LogP) is 0.641. The van der Waals surface area contributed by atoms with Gasteiger partial charge in [-0.25, -0.2) is 0 Å². The minimum Gasteiger partial charge on any atom is -0.391 e. The van der Waals surface area contributed by atoms with Crippen LogP contribution in [0.2, 0.25) is 0 Å². The molecule has 1 N–H and O–H groups in total. The summed E-state index contributed by atoms with van der Waals surface area (Å²) in [6.07, 6.45) is -0.341. The van der Waals surface area contributed by atoms with Gasteiger partial charge in [-0.1, -0.05) is 13.8 Å². The highest BCUT2D eigenvalue weighted by Crippen LogP contribution is 2.24. The Labute approximate surface area is 94.7 Å². The monoisotopic (exact) mass is 223 g/mol. The molecular formula is C11H17N3O2. The lowest BCUT2D eigenvalue weighted by atomic mass is 10.1. The first-order valence-electron chi connectivity index (χ1n) is 5.51. The second-order valence-electron chi connectivity index (χ2n) is 4.57. The molecule has 0 spiro atoms. The number of aliphatic hydroxyl groups excluding tert-OH is 1. The fraction of sp³-hybridized carbons (Fsp3) is 0.636. The van der Waals surface area contributed by atoms with E-state index < -0.39 is 6.10 Å². The lowest BCUT2D eigenvalue weighted by molar-refractivity contribution is -0.117. The Kier molecular flexibility index (Phi) is 2.71. The molecule has 2 rings (SSSR count). The quantitative estimate of drug-likeness (QED) is 0.800. The van der Waals surface area contributed by atoms with Gasteiger partial charge in [0.05, 0.1) is 24.8 Å². The molecule has 0 aliphatic carbocycles. The number of aryl methyl sites for hydroxylation is 1. The summed E-state index contributed by atoms with van der Waals surface area (Å²) in [6.45, 7) is 4.50. The molecule has 0 radical (unpaired) electrons. The first-order valence-corrected chi connectivity index (χ1v) is 5.51. The summed E-state index contributed by atoms with van der Waals surface area (Å²) in [4.78, 5) is 13.2. The van der Waals surface area contributed by atoms with Crippen LogP contribution in [0.25, 0.3) is 0 Å². The van der Waals surface area contributed by atoms with E-state index in [4.69, 9.17) is 0 Å². The lowest BCUT2D eigenvalue weighted by Crippen LogP contribution is -2.27. The van der Waals surface area contributed by atoms with Crippen LogP contribution < -0.4 is 4.90 Å². The molecule has 0 saturated carbocycles. The number of aliphatic hydroxyl groups is 1. The zero-order valence-corrected chi connectivity index (χ0v) is 9.84. The second kappa shape index (κ2) is 3.90. The Hall–Kier alpha value is -1.36. The van der Waals surface area contributed by atoms with Crippen LogP contribution in [-0.4, -0.2) is 33.4 Å². The number of aromatic nitrogens is 2. The predicted molar refractivity (Wildman–Crippen MR) is 60.3 cm³/mol. The van der Waals surface area contributed by atoms with Crippen LogP contribution in [0.1, 0.15) is 31.9 Å². The summed E-state index contributed by atoms with van der Waals surface area (Å²) in [5.74, 6) is 1.07. The Bertz CT molecular complexity index is 411. The minimum atomic E-state index is -0.551. The number of hydrogen-bond acceptors (Lipinski definition) is 3. The summed E-state index contributed by atoms with van der Waals surface area (Å²) < 4.78 is 1.70. The summed E-state index contributed by atoms with van der Waals surface area (Å²) in [5.41, 5.74) is 0.965. The molecular weight excluding hydrogens is 206 g/mol. The van der Waals surface area contributed by atoms with Gasteiger partial charge >= 0.3 is 0 Å². The lowest BCUT2D eigenvalue weighted by Gasteiger charge is -2.14. The van der Waals surface area contributed by atoms with Gasteiger partial charge in [-0.05, 0) is 5.92 Å². The highest BCUT2D eigenvalue weighted by Gasteiger charge is 2.31. The topological polar surface area (TPSA) is 58.4 Å². The second-order valence-corrected chi connectivity index (χ2v) is 4.57. The molecule has 5 nitrogen and oxygen atoms in total. The van der Waals surface area contributed by atoms with Gasteiger partial charge in [-0.2, -0.15) is 5.10 Å². The average Bonchev–Trinajstić information content (AvgIpc) is 2.69. The van der Waals surface area contributed by atoms with Crippen molar-refractivity contribution in [1.29, 1.82) is 0 Å². The molecule has 16 heavy (non-hydrogen) atoms. The number of nitrogens with zero attached hydrogens (tertiary/aromatic N) is 3. The number of rotatable bonds is 2. The zero-order chi connectivity index (χ0) is 11.9. The summed E-state index contributed by atoms with van der Waals surface area (Å²) in [5, 5.41) is 13.8. The molecule has 0 bridgehead atoms. The third-order valence-electron chi connectivity index (χ3n) is 2.85. The molecule has 1 saturated heterocycles. The maximum Gasteiger partial charge on any atom is 0.230 e. The third-order valence-corrected chi connectivity index (χ3v) is 2.85. The molecule has 1 aliphatic rings. The van der Waals surface area contributed by atoms with Crippen LogP contribution >= 0.6 is 0 Å². The number of anilines is 1. The van der Waals surface area contributed by atoms with Crippen molar-refractivity contribution in [3.63, 3.8) is 0 Å². The molecule has 2 heterocycles. The van der Waals surface area contributed by atoms with Crippen molar-refractivity contribution in [3.8, 4) is 0 Å². The molecule has 1 aromatic heterocycles. The molecule has 1 amide bonds. The van der Waals surface area contributed by atoms with Gasteiger partial charge in [-0.15, -0.1) is 0 Å². The van der Waals surface area contributed by atoms with Crippen molar-refractivity contribution in [2.24, 2.45) is 7.05 Å². The van der Waals surface area contributed by atoms with E-state index in [2.05, 4.69) is 18.9 Å². The average molecular weight is 223 g/mol. The summed E-state index contributed by atoms with van der Waals surface area (Å²) >= 11 is 0. The molecule has 0 aromatic carbocycles. The maximum absolute atomic E-state index is 11.6. The number of hydrogen-bond donors (Lipinski definition) is 1. The molecule has 1 aromatic rings. The van der Waals surface area contributed by atoms with Gasteiger partial charge in [0.25, 0.3) is 0 Å². The van der Waals surface area contributed by atoms with Crippen molar-refractivity contribution in [3.05, 3.63) is 11.8 Å². The van der Waals surface area contributed by atoms with Crippen molar-refractivity contribution in [2.45, 2.75) is 32.3 Å². The fourth-order valence-electron chi connectivity index (χ4n) is 1.92. The standard InChI is InChI=1S/C11H17N3O2/c1-7(2)9-5-10(13(3)12-9)14-6-8(15)4-11(14)16/h5,7-8,15H,4,6H2,1-3H3. The van der Waals surface area contributed by atoms with Crippen LogP contribution in [0.5, 0.6) is 0 Å². The Morgan fingerprint density at radius 3 is 2.69 bits per heavy atom. The summed E-state index contributed by atoms with van der Waals surface area (Å²) in [6, 6.07) is 1.92. The van der Waals surface area contributed by atoms with Gasteiger partial charge in [-0.3, -0.25) is 14.4 Å². The normalized spacial score (nSPS) is 21.2. The van der Waals surface area contributed by atoms with Crippen molar-refractivity contribution >= 4 is 11.7 Å². The number of carbonyl (C=O) groups excluding carboxylic acids is 1. The largest absolute Gasteiger partial charge is 0.391 e.